The molecule has 1 aromatic carbocycles. The number of H-pyrrole nitrogens is 1. The highest BCUT2D eigenvalue weighted by Crippen LogP contribution is 2.27. The molecule has 1 atom stereocenters. The summed E-state index contributed by atoms with van der Waals surface area (Å²) in [6.07, 6.45) is 2.33. The molecule has 10 nitrogen and oxygen atoms in total. The Hall–Kier alpha value is -2.99. The molecule has 0 aliphatic carbocycles. The Balaban J connectivity index is 1.90. The second-order valence-electron chi connectivity index (χ2n) is 8.24. The van der Waals surface area contributed by atoms with Crippen molar-refractivity contribution in [2.24, 2.45) is 5.92 Å². The van der Waals surface area contributed by atoms with Crippen LogP contribution < -0.4 is 21.9 Å². The van der Waals surface area contributed by atoms with Gasteiger partial charge < -0.3 is 10.6 Å². The molecule has 1 amide bonds. The topological polar surface area (TPSA) is 139 Å². The Kier molecular flexibility index (Phi) is 7.93. The van der Waals surface area contributed by atoms with Gasteiger partial charge in [-0.3, -0.25) is 19.1 Å². The van der Waals surface area contributed by atoms with E-state index in [0.717, 1.165) is 18.6 Å². The summed E-state index contributed by atoms with van der Waals surface area (Å²) in [5.74, 6) is -1.80. The molecule has 186 valence electrons. The molecule has 0 spiro atoms. The Bertz CT molecular complexity index is 1260. The smallest absolute Gasteiger partial charge is 0.330 e. The van der Waals surface area contributed by atoms with Crippen LogP contribution in [0.1, 0.15) is 39.5 Å². The number of nitrogen functional groups attached to an aromatic ring is 1. The number of benzene rings is 1. The van der Waals surface area contributed by atoms with Crippen LogP contribution in [0.5, 0.6) is 0 Å². The van der Waals surface area contributed by atoms with Crippen LogP contribution in [0.4, 0.5) is 15.9 Å². The summed E-state index contributed by atoms with van der Waals surface area (Å²) in [6.45, 7) is 4.17. The molecule has 12 heteroatoms. The van der Waals surface area contributed by atoms with E-state index in [9.17, 15) is 27.2 Å². The van der Waals surface area contributed by atoms with Crippen molar-refractivity contribution in [2.45, 2.75) is 51.0 Å². The van der Waals surface area contributed by atoms with Gasteiger partial charge in [0.25, 0.3) is 5.56 Å². The highest BCUT2D eigenvalue weighted by Gasteiger charge is 2.36. The first-order valence-electron chi connectivity index (χ1n) is 11.3. The minimum absolute atomic E-state index is 0.0574. The van der Waals surface area contributed by atoms with Gasteiger partial charge in [-0.05, 0) is 50.5 Å². The van der Waals surface area contributed by atoms with E-state index in [4.69, 9.17) is 5.73 Å². The van der Waals surface area contributed by atoms with Gasteiger partial charge in [0.05, 0.1) is 10.8 Å². The van der Waals surface area contributed by atoms with Gasteiger partial charge in [-0.1, -0.05) is 13.3 Å². The van der Waals surface area contributed by atoms with Crippen molar-refractivity contribution < 1.29 is 17.6 Å². The lowest BCUT2D eigenvalue weighted by Crippen LogP contribution is -2.48. The van der Waals surface area contributed by atoms with Gasteiger partial charge in [-0.2, -0.15) is 4.31 Å². The molecule has 1 aromatic heterocycles. The van der Waals surface area contributed by atoms with Crippen molar-refractivity contribution in [3.63, 3.8) is 0 Å². The number of aromatic amines is 1. The number of sulfonamides is 1. The van der Waals surface area contributed by atoms with Gasteiger partial charge in [0, 0.05) is 26.2 Å². The van der Waals surface area contributed by atoms with Gasteiger partial charge in [-0.15, -0.1) is 0 Å². The fraction of sp³-hybridized carbons (Fsp3) is 0.500. The molecule has 2 aromatic rings. The van der Waals surface area contributed by atoms with E-state index >= 15 is 0 Å². The van der Waals surface area contributed by atoms with Crippen LogP contribution in [0, 0.1) is 11.7 Å². The zero-order valence-corrected chi connectivity index (χ0v) is 20.1. The normalized spacial score (nSPS) is 17.0. The second-order valence-corrected chi connectivity index (χ2v) is 10.2. The van der Waals surface area contributed by atoms with Crippen molar-refractivity contribution in [3.8, 4) is 0 Å². The number of nitrogens with zero attached hydrogens (tertiary/aromatic N) is 3. The number of unbranched alkanes of at least 4 members (excludes halogenated alkanes) is 1. The Morgan fingerprint density at radius 3 is 2.53 bits per heavy atom. The molecular weight excluding hydrogens is 465 g/mol. The molecule has 0 bridgehead atoms. The van der Waals surface area contributed by atoms with E-state index in [1.165, 1.54) is 25.9 Å². The van der Waals surface area contributed by atoms with Crippen molar-refractivity contribution in [1.82, 2.24) is 13.9 Å². The number of piperidine rings is 1. The van der Waals surface area contributed by atoms with E-state index in [1.54, 1.807) is 6.92 Å². The number of hydrogen-bond acceptors (Lipinski definition) is 6. The minimum Gasteiger partial charge on any atom is -0.383 e. The summed E-state index contributed by atoms with van der Waals surface area (Å²) >= 11 is 0. The average Bonchev–Trinajstić information content (AvgIpc) is 2.81. The largest absolute Gasteiger partial charge is 0.383 e. The fourth-order valence-electron chi connectivity index (χ4n) is 4.14. The van der Waals surface area contributed by atoms with Crippen molar-refractivity contribution >= 4 is 27.4 Å². The summed E-state index contributed by atoms with van der Waals surface area (Å²) in [4.78, 5) is 41.7. The number of nitrogens with two attached hydrogens (primary N) is 1. The van der Waals surface area contributed by atoms with E-state index < -0.39 is 38.9 Å². The van der Waals surface area contributed by atoms with Crippen LogP contribution in [0.15, 0.2) is 38.8 Å². The van der Waals surface area contributed by atoms with E-state index in [-0.39, 0.29) is 36.0 Å². The molecular formula is C22H30FN5O5S. The highest BCUT2D eigenvalue weighted by atomic mass is 32.2. The summed E-state index contributed by atoms with van der Waals surface area (Å²) in [7, 11) is -3.92. The van der Waals surface area contributed by atoms with Crippen LogP contribution in [-0.2, 0) is 21.4 Å². The maximum absolute atomic E-state index is 13.5. The molecule has 1 unspecified atom stereocenters. The summed E-state index contributed by atoms with van der Waals surface area (Å²) in [5.41, 5.74) is 4.65. The van der Waals surface area contributed by atoms with Crippen LogP contribution in [-0.4, -0.2) is 47.8 Å². The molecule has 0 radical (unpaired) electrons. The summed E-state index contributed by atoms with van der Waals surface area (Å²) < 4.78 is 41.8. The van der Waals surface area contributed by atoms with E-state index in [1.807, 2.05) is 6.92 Å². The first-order chi connectivity index (χ1) is 16.1. The third-order valence-corrected chi connectivity index (χ3v) is 7.87. The van der Waals surface area contributed by atoms with Gasteiger partial charge in [0.1, 0.15) is 11.6 Å². The molecule has 0 saturated carbocycles. The molecule has 3 rings (SSSR count). The number of halogens is 1. The third-order valence-electron chi connectivity index (χ3n) is 5.99. The fourth-order valence-corrected chi connectivity index (χ4v) is 5.66. The van der Waals surface area contributed by atoms with Crippen LogP contribution in [0.3, 0.4) is 0 Å². The van der Waals surface area contributed by atoms with E-state index in [2.05, 4.69) is 4.98 Å². The SMILES string of the molecule is CCCCn1c(N)c(N(CC)C(=O)C2CCCN(S(=O)(=O)c3ccc(F)cc3)C2)c(=O)[nH]c1=O. The zero-order chi connectivity index (χ0) is 25.0. The molecule has 1 aliphatic rings. The van der Waals surface area contributed by atoms with Gasteiger partial charge >= 0.3 is 5.69 Å². The molecule has 1 fully saturated rings. The summed E-state index contributed by atoms with van der Waals surface area (Å²) in [6, 6.07) is 4.52. The lowest BCUT2D eigenvalue weighted by atomic mass is 9.98. The lowest BCUT2D eigenvalue weighted by Gasteiger charge is -2.34. The quantitative estimate of drug-likeness (QED) is 0.569. The molecule has 34 heavy (non-hydrogen) atoms. The first kappa shape index (κ1) is 25.6. The number of carbonyl (C=O) groups excluding carboxylic acids is 1. The second kappa shape index (κ2) is 10.5. The van der Waals surface area contributed by atoms with Crippen LogP contribution in [0.2, 0.25) is 0 Å². The van der Waals surface area contributed by atoms with Gasteiger partial charge in [0.15, 0.2) is 5.69 Å². The maximum atomic E-state index is 13.5. The summed E-state index contributed by atoms with van der Waals surface area (Å²) in [5, 5.41) is 0. The average molecular weight is 496 g/mol. The molecule has 1 saturated heterocycles. The predicted molar refractivity (Wildman–Crippen MR) is 127 cm³/mol. The maximum Gasteiger partial charge on any atom is 0.330 e. The third kappa shape index (κ3) is 5.07. The van der Waals surface area contributed by atoms with Crippen molar-refractivity contribution in [2.75, 3.05) is 30.3 Å². The molecule has 1 aliphatic heterocycles. The minimum atomic E-state index is -3.92. The molecule has 3 N–H and O–H groups in total. The number of hydrogen-bond donors (Lipinski definition) is 2. The van der Waals surface area contributed by atoms with Crippen molar-refractivity contribution in [3.05, 3.63) is 50.9 Å². The monoisotopic (exact) mass is 495 g/mol. The van der Waals surface area contributed by atoms with Crippen LogP contribution >= 0.6 is 0 Å². The van der Waals surface area contributed by atoms with Gasteiger partial charge in [0.2, 0.25) is 15.9 Å². The predicted octanol–water partition coefficient (Wildman–Crippen LogP) is 1.51. The Labute approximate surface area is 197 Å². The standard InChI is InChI=1S/C22H30FN5O5S/c1-3-5-13-28-19(24)18(20(29)25-22(28)31)27(4-2)21(30)15-7-6-12-26(14-15)34(32,33)17-10-8-16(23)9-11-17/h8-11,15H,3-7,12-14,24H2,1-2H3,(H,25,29,31). The lowest BCUT2D eigenvalue weighted by molar-refractivity contribution is -0.123. The van der Waals surface area contributed by atoms with Crippen molar-refractivity contribution in [1.29, 1.82) is 0 Å². The Morgan fingerprint density at radius 1 is 1.24 bits per heavy atom. The van der Waals surface area contributed by atoms with Gasteiger partial charge in [-0.25, -0.2) is 17.6 Å². The number of rotatable bonds is 8. The number of carbonyl (C=O) groups is 1. The Morgan fingerprint density at radius 2 is 1.91 bits per heavy atom. The molecule has 2 heterocycles. The zero-order valence-electron chi connectivity index (χ0n) is 19.3. The van der Waals surface area contributed by atoms with E-state index in [0.29, 0.717) is 25.8 Å². The van der Waals surface area contributed by atoms with Crippen LogP contribution in [0.25, 0.3) is 0 Å². The first-order valence-corrected chi connectivity index (χ1v) is 12.8. The number of aromatic nitrogens is 2. The number of amides is 1. The highest BCUT2D eigenvalue weighted by molar-refractivity contribution is 7.89. The number of nitrogens with one attached hydrogen (secondary N) is 1. The number of anilines is 2.